The van der Waals surface area contributed by atoms with E-state index < -0.39 is 17.4 Å². The Bertz CT molecular complexity index is 303. The molecule has 0 aromatic carbocycles. The molecule has 0 radical (unpaired) electrons. The fourth-order valence-corrected chi connectivity index (χ4v) is 5.70. The monoisotopic (exact) mass is 368 g/mol. The molecule has 0 aliphatic heterocycles. The van der Waals surface area contributed by atoms with Gasteiger partial charge in [0.2, 0.25) is 0 Å². The van der Waals surface area contributed by atoms with Crippen LogP contribution in [0.25, 0.3) is 0 Å². The Balaban J connectivity index is 5.21. The van der Waals surface area contributed by atoms with Crippen LogP contribution in [0, 0.1) is 0 Å². The molecule has 0 saturated heterocycles. The van der Waals surface area contributed by atoms with Crippen molar-refractivity contribution < 1.29 is 43.1 Å². The molecule has 0 saturated carbocycles. The number of ether oxygens (including phenoxy) is 2. The van der Waals surface area contributed by atoms with E-state index in [9.17, 15) is 9.59 Å². The molecule has 0 aliphatic carbocycles. The Morgan fingerprint density at radius 3 is 1.43 bits per heavy atom. The fraction of sp³-hybridized carbons (Fsp3) is 0.875. The molecule has 7 heteroatoms. The zero-order valence-electron chi connectivity index (χ0n) is 15.0. The van der Waals surface area contributed by atoms with E-state index in [1.54, 1.807) is 13.8 Å². The Hall–Kier alpha value is -0.106. The van der Waals surface area contributed by atoms with Gasteiger partial charge in [0.25, 0.3) is 0 Å². The number of carbonyl (C=O) groups is 2. The molecule has 0 amide bonds. The zero-order valence-corrected chi connectivity index (χ0v) is 16.6. The summed E-state index contributed by atoms with van der Waals surface area (Å²) in [6, 6.07) is 0. The summed E-state index contributed by atoms with van der Waals surface area (Å²) in [5.74, 6) is 0. The summed E-state index contributed by atoms with van der Waals surface area (Å²) in [5, 5.41) is 0. The van der Waals surface area contributed by atoms with Gasteiger partial charge < -0.3 is 0 Å². The molecule has 0 aliphatic rings. The Labute approximate surface area is 144 Å². The molecule has 0 atom stereocenters. The third-order valence-electron chi connectivity index (χ3n) is 3.22. The van der Waals surface area contributed by atoms with Gasteiger partial charge in [0, 0.05) is 0 Å². The van der Waals surface area contributed by atoms with Crippen LogP contribution in [-0.4, -0.2) is 47.8 Å². The van der Waals surface area contributed by atoms with Gasteiger partial charge in [-0.2, -0.15) is 0 Å². The molecule has 6 nitrogen and oxygen atoms in total. The van der Waals surface area contributed by atoms with Crippen LogP contribution < -0.4 is 0 Å². The Morgan fingerprint density at radius 2 is 1.13 bits per heavy atom. The first-order chi connectivity index (χ1) is 11.1. The van der Waals surface area contributed by atoms with E-state index in [2.05, 4.69) is 0 Å². The molecule has 0 spiro atoms. The second-order valence-corrected chi connectivity index (χ2v) is 9.71. The number of hydrogen-bond donors (Lipinski definition) is 0. The van der Waals surface area contributed by atoms with Crippen molar-refractivity contribution in [3.8, 4) is 0 Å². The summed E-state index contributed by atoms with van der Waals surface area (Å²) in [7, 11) is 0. The summed E-state index contributed by atoms with van der Waals surface area (Å²) in [5.41, 5.74) is 0. The minimum absolute atomic E-state index is 0.132. The summed E-state index contributed by atoms with van der Waals surface area (Å²) >= 11 is -4.30. The first kappa shape index (κ1) is 22.9. The second kappa shape index (κ2) is 14.3. The van der Waals surface area contributed by atoms with Gasteiger partial charge in [-0.25, -0.2) is 0 Å². The maximum absolute atomic E-state index is 12.6. The van der Waals surface area contributed by atoms with E-state index in [4.69, 9.17) is 16.1 Å². The zero-order chi connectivity index (χ0) is 17.6. The van der Waals surface area contributed by atoms with Gasteiger partial charge in [-0.15, -0.1) is 0 Å². The summed E-state index contributed by atoms with van der Waals surface area (Å²) in [6.45, 7) is 8.94. The van der Waals surface area contributed by atoms with Crippen molar-refractivity contribution in [2.75, 3.05) is 39.6 Å². The molecule has 0 aromatic heterocycles. The number of carbonyl (C=O) groups excluding carboxylic acids is 2. The van der Waals surface area contributed by atoms with Gasteiger partial charge in [0.15, 0.2) is 0 Å². The number of unbranched alkanes of at least 4 members (excludes halogenated alkanes) is 2. The molecular formula is C16H32O6Ti. The van der Waals surface area contributed by atoms with Crippen molar-refractivity contribution in [3.05, 3.63) is 0 Å². The van der Waals surface area contributed by atoms with Crippen molar-refractivity contribution in [3.63, 3.8) is 0 Å². The summed E-state index contributed by atoms with van der Waals surface area (Å²) in [6.07, 6.45) is 3.42. The summed E-state index contributed by atoms with van der Waals surface area (Å²) in [4.78, 5) is 25.3. The Morgan fingerprint density at radius 1 is 0.739 bits per heavy atom. The minimum atomic E-state index is -4.30. The van der Waals surface area contributed by atoms with Crippen molar-refractivity contribution >= 4 is 8.18 Å². The predicted octanol–water partition coefficient (Wildman–Crippen LogP) is 2.73. The van der Waals surface area contributed by atoms with Crippen LogP contribution in [0.1, 0.15) is 53.4 Å². The molecule has 0 heterocycles. The SMILES string of the molecule is CCCC[O][Ti]([O]CCCC)([C](=O)COCC)[C](=O)COCC. The van der Waals surface area contributed by atoms with E-state index in [-0.39, 0.29) is 21.4 Å². The van der Waals surface area contributed by atoms with Gasteiger partial charge in [0.1, 0.15) is 0 Å². The summed E-state index contributed by atoms with van der Waals surface area (Å²) < 4.78 is 21.5. The first-order valence-electron chi connectivity index (χ1n) is 8.58. The Kier molecular flexibility index (Phi) is 14.2. The van der Waals surface area contributed by atoms with Crippen LogP contribution in [0.4, 0.5) is 0 Å². The van der Waals surface area contributed by atoms with Crippen LogP contribution in [0.3, 0.4) is 0 Å². The van der Waals surface area contributed by atoms with E-state index in [1.165, 1.54) is 0 Å². The van der Waals surface area contributed by atoms with Gasteiger partial charge in [-0.05, 0) is 0 Å². The normalized spacial score (nSPS) is 11.7. The first-order valence-corrected chi connectivity index (χ1v) is 11.4. The maximum atomic E-state index is 12.6. The van der Waals surface area contributed by atoms with E-state index in [0.717, 1.165) is 25.7 Å². The van der Waals surface area contributed by atoms with Crippen LogP contribution in [0.5, 0.6) is 0 Å². The third-order valence-corrected chi connectivity index (χ3v) is 7.87. The van der Waals surface area contributed by atoms with Gasteiger partial charge in [-0.3, -0.25) is 0 Å². The molecule has 0 N–H and O–H groups in total. The fourth-order valence-electron chi connectivity index (χ4n) is 1.82. The number of rotatable bonds is 16. The standard InChI is InChI=1S/2C4H7O2.2C4H9O.Ti/c2*1-2-6-4-3-5;2*1-2-3-4-5;/h2*2,4H2,1H3;2*2-4H2,1H3;/q;;2*-1;+2. The molecule has 0 aromatic rings. The number of hydrogen-bond acceptors (Lipinski definition) is 6. The molecule has 0 bridgehead atoms. The van der Waals surface area contributed by atoms with Crippen molar-refractivity contribution in [2.24, 2.45) is 0 Å². The van der Waals surface area contributed by atoms with Gasteiger partial charge >= 0.3 is 144 Å². The van der Waals surface area contributed by atoms with Crippen LogP contribution in [0.15, 0.2) is 0 Å². The van der Waals surface area contributed by atoms with E-state index in [1.807, 2.05) is 13.8 Å². The van der Waals surface area contributed by atoms with E-state index in [0.29, 0.717) is 26.4 Å². The molecule has 23 heavy (non-hydrogen) atoms. The second-order valence-electron chi connectivity index (χ2n) is 5.14. The van der Waals surface area contributed by atoms with Crippen LogP contribution in [-0.2, 0) is 43.1 Å². The third kappa shape index (κ3) is 8.52. The average molecular weight is 368 g/mol. The molecule has 0 rings (SSSR count). The van der Waals surface area contributed by atoms with Crippen molar-refractivity contribution in [1.29, 1.82) is 0 Å². The molecule has 0 fully saturated rings. The topological polar surface area (TPSA) is 71.1 Å². The van der Waals surface area contributed by atoms with E-state index >= 15 is 0 Å². The molecule has 0 unspecified atom stereocenters. The van der Waals surface area contributed by atoms with Crippen LogP contribution >= 0.6 is 0 Å². The molecule has 136 valence electrons. The molecular weight excluding hydrogens is 336 g/mol. The van der Waals surface area contributed by atoms with Crippen molar-refractivity contribution in [1.82, 2.24) is 0 Å². The van der Waals surface area contributed by atoms with Crippen LogP contribution in [0.2, 0.25) is 0 Å². The van der Waals surface area contributed by atoms with Gasteiger partial charge in [-0.1, -0.05) is 0 Å². The van der Waals surface area contributed by atoms with Gasteiger partial charge in [0.05, 0.1) is 0 Å². The predicted molar refractivity (Wildman–Crippen MR) is 84.7 cm³/mol. The average Bonchev–Trinajstić information content (AvgIpc) is 2.56. The quantitative estimate of drug-likeness (QED) is 0.308. The van der Waals surface area contributed by atoms with Crippen molar-refractivity contribution in [2.45, 2.75) is 53.4 Å².